The van der Waals surface area contributed by atoms with Gasteiger partial charge in [-0.1, -0.05) is 23.7 Å². The van der Waals surface area contributed by atoms with E-state index in [1.807, 2.05) is 0 Å². The molecule has 40 heavy (non-hydrogen) atoms. The van der Waals surface area contributed by atoms with Gasteiger partial charge in [-0.2, -0.15) is 28.1 Å². The van der Waals surface area contributed by atoms with Crippen LogP contribution in [0.3, 0.4) is 0 Å². The number of halogens is 4. The molecule has 2 amide bonds. The molecule has 13 nitrogen and oxygen atoms in total. The van der Waals surface area contributed by atoms with Gasteiger partial charge >= 0.3 is 12.2 Å². The topological polar surface area (TPSA) is 209 Å². The Morgan fingerprint density at radius 1 is 0.975 bits per heavy atom. The van der Waals surface area contributed by atoms with Crippen LogP contribution in [0.25, 0.3) is 0 Å². The SMILES string of the molecule is NC(=O)[C@H](CN=C(N)N)NC(=O)c1ccc(Nc2nc(NCc3ccc(Cl)cc3)nc(OCC(F)(F)F)n2)cc1. The molecule has 3 rings (SSSR count). The van der Waals surface area contributed by atoms with Gasteiger partial charge in [0, 0.05) is 22.8 Å². The average molecular weight is 581 g/mol. The summed E-state index contributed by atoms with van der Waals surface area (Å²) in [6.45, 7) is -1.61. The minimum Gasteiger partial charge on any atom is -0.454 e. The van der Waals surface area contributed by atoms with Crippen LogP contribution in [0, 0.1) is 0 Å². The molecule has 17 heteroatoms. The van der Waals surface area contributed by atoms with E-state index in [1.165, 1.54) is 24.3 Å². The van der Waals surface area contributed by atoms with Crippen molar-refractivity contribution in [2.75, 3.05) is 23.8 Å². The van der Waals surface area contributed by atoms with E-state index in [1.54, 1.807) is 24.3 Å². The van der Waals surface area contributed by atoms with Gasteiger partial charge in [-0.3, -0.25) is 14.6 Å². The van der Waals surface area contributed by atoms with Crippen LogP contribution in [0.2, 0.25) is 5.02 Å². The number of carbonyl (C=O) groups excluding carboxylic acids is 2. The maximum atomic E-state index is 12.7. The molecule has 212 valence electrons. The van der Waals surface area contributed by atoms with Crippen molar-refractivity contribution in [3.8, 4) is 6.01 Å². The van der Waals surface area contributed by atoms with Gasteiger partial charge in [-0.25, -0.2) is 0 Å². The predicted molar refractivity (Wildman–Crippen MR) is 141 cm³/mol. The number of nitrogens with zero attached hydrogens (tertiary/aromatic N) is 4. The number of amides is 2. The molecular formula is C23H24ClF3N10O3. The third kappa shape index (κ3) is 9.79. The number of rotatable bonds is 12. The fourth-order valence-corrected chi connectivity index (χ4v) is 3.09. The van der Waals surface area contributed by atoms with Gasteiger partial charge < -0.3 is 37.9 Å². The zero-order valence-electron chi connectivity index (χ0n) is 20.6. The first-order valence-corrected chi connectivity index (χ1v) is 11.7. The molecule has 0 aliphatic heterocycles. The number of benzene rings is 2. The monoisotopic (exact) mass is 580 g/mol. The van der Waals surface area contributed by atoms with Crippen molar-refractivity contribution in [2.45, 2.75) is 18.8 Å². The molecule has 0 bridgehead atoms. The summed E-state index contributed by atoms with van der Waals surface area (Å²) in [5.41, 5.74) is 17.1. The lowest BCUT2D eigenvalue weighted by Crippen LogP contribution is -2.47. The van der Waals surface area contributed by atoms with Crippen molar-refractivity contribution in [1.82, 2.24) is 20.3 Å². The minimum absolute atomic E-state index is 0.0566. The Hall–Kier alpha value is -4.86. The molecule has 0 saturated heterocycles. The Bertz CT molecular complexity index is 1350. The second kappa shape index (κ2) is 13.3. The summed E-state index contributed by atoms with van der Waals surface area (Å²) >= 11 is 5.88. The van der Waals surface area contributed by atoms with Crippen LogP contribution in [0.4, 0.5) is 30.8 Å². The van der Waals surface area contributed by atoms with Crippen LogP contribution in [0.1, 0.15) is 15.9 Å². The smallest absolute Gasteiger partial charge is 0.422 e. The first-order valence-electron chi connectivity index (χ1n) is 11.3. The Labute approximate surface area is 230 Å². The molecule has 2 aromatic carbocycles. The van der Waals surface area contributed by atoms with Gasteiger partial charge in [0.2, 0.25) is 17.8 Å². The van der Waals surface area contributed by atoms with Crippen molar-refractivity contribution < 1.29 is 27.5 Å². The molecule has 1 atom stereocenters. The second-order valence-corrected chi connectivity index (χ2v) is 8.48. The molecule has 0 fully saturated rings. The highest BCUT2D eigenvalue weighted by Gasteiger charge is 2.29. The number of guanidine groups is 1. The fraction of sp³-hybridized carbons (Fsp3) is 0.217. The van der Waals surface area contributed by atoms with Gasteiger partial charge in [0.15, 0.2) is 12.6 Å². The van der Waals surface area contributed by atoms with Crippen molar-refractivity contribution in [1.29, 1.82) is 0 Å². The van der Waals surface area contributed by atoms with E-state index >= 15 is 0 Å². The van der Waals surface area contributed by atoms with E-state index in [4.69, 9.17) is 33.5 Å². The van der Waals surface area contributed by atoms with Crippen molar-refractivity contribution in [3.63, 3.8) is 0 Å². The number of nitrogens with two attached hydrogens (primary N) is 3. The highest BCUT2D eigenvalue weighted by molar-refractivity contribution is 6.30. The molecule has 1 heterocycles. The summed E-state index contributed by atoms with van der Waals surface area (Å²) in [6.07, 6.45) is -4.61. The average Bonchev–Trinajstić information content (AvgIpc) is 2.89. The van der Waals surface area contributed by atoms with E-state index in [-0.39, 0.29) is 36.5 Å². The molecule has 0 unspecified atom stereocenters. The van der Waals surface area contributed by atoms with Gasteiger partial charge in [-0.05, 0) is 42.0 Å². The molecule has 0 aliphatic rings. The van der Waals surface area contributed by atoms with Crippen molar-refractivity contribution in [3.05, 3.63) is 64.7 Å². The Balaban J connectivity index is 1.73. The first kappa shape index (κ1) is 29.7. The van der Waals surface area contributed by atoms with E-state index in [2.05, 4.69) is 35.9 Å². The number of hydrogen-bond acceptors (Lipinski definition) is 9. The number of carbonyl (C=O) groups is 2. The highest BCUT2D eigenvalue weighted by Crippen LogP contribution is 2.21. The summed E-state index contributed by atoms with van der Waals surface area (Å²) in [7, 11) is 0. The first-order chi connectivity index (χ1) is 18.9. The quantitative estimate of drug-likeness (QED) is 0.135. The third-order valence-corrected chi connectivity index (χ3v) is 5.10. The molecule has 0 aliphatic carbocycles. The summed E-state index contributed by atoms with van der Waals surface area (Å²) in [4.78, 5) is 39.7. The van der Waals surface area contributed by atoms with Gasteiger partial charge in [0.1, 0.15) is 6.04 Å². The zero-order valence-corrected chi connectivity index (χ0v) is 21.3. The van der Waals surface area contributed by atoms with E-state index in [0.717, 1.165) is 5.56 Å². The maximum Gasteiger partial charge on any atom is 0.422 e. The molecule has 3 aromatic rings. The molecule has 0 radical (unpaired) electrons. The summed E-state index contributed by atoms with van der Waals surface area (Å²) < 4.78 is 42.7. The summed E-state index contributed by atoms with van der Waals surface area (Å²) in [5.74, 6) is -1.93. The third-order valence-electron chi connectivity index (χ3n) is 4.85. The lowest BCUT2D eigenvalue weighted by atomic mass is 10.1. The van der Waals surface area contributed by atoms with Crippen LogP contribution in [-0.2, 0) is 11.3 Å². The molecule has 9 N–H and O–H groups in total. The lowest BCUT2D eigenvalue weighted by Gasteiger charge is -2.14. The Morgan fingerprint density at radius 3 is 2.23 bits per heavy atom. The van der Waals surface area contributed by atoms with E-state index in [0.29, 0.717) is 10.7 Å². The molecule has 1 aromatic heterocycles. The largest absolute Gasteiger partial charge is 0.454 e. The number of nitrogens with one attached hydrogen (secondary N) is 3. The lowest BCUT2D eigenvalue weighted by molar-refractivity contribution is -0.154. The van der Waals surface area contributed by atoms with Crippen LogP contribution in [-0.4, -0.2) is 58.1 Å². The normalized spacial score (nSPS) is 11.7. The number of anilines is 3. The van der Waals surface area contributed by atoms with Crippen LogP contribution in [0.5, 0.6) is 6.01 Å². The van der Waals surface area contributed by atoms with Crippen molar-refractivity contribution in [2.24, 2.45) is 22.2 Å². The Morgan fingerprint density at radius 2 is 1.62 bits per heavy atom. The predicted octanol–water partition coefficient (Wildman–Crippen LogP) is 1.68. The molecule has 0 saturated carbocycles. The number of hydrogen-bond donors (Lipinski definition) is 6. The van der Waals surface area contributed by atoms with E-state index in [9.17, 15) is 22.8 Å². The standard InChI is InChI=1S/C23H24ClF3N10O3/c24-14-5-1-12(2-6-14)9-32-20-35-21(37-22(36-20)40-11-23(25,26)27)33-15-7-3-13(4-8-15)18(39)34-16(17(28)38)10-31-19(29)30/h1-8,16H,9-11H2,(H2,28,38)(H,34,39)(H4,29,30,31)(H2,32,33,35,36,37)/t16-/m0/s1. The number of ether oxygens (including phenoxy) is 1. The van der Waals surface area contributed by atoms with Crippen LogP contribution in [0.15, 0.2) is 53.5 Å². The van der Waals surface area contributed by atoms with Gasteiger partial charge in [0.05, 0.1) is 6.54 Å². The number of aromatic nitrogens is 3. The molecule has 0 spiro atoms. The number of alkyl halides is 3. The van der Waals surface area contributed by atoms with Crippen molar-refractivity contribution >= 4 is 47.0 Å². The van der Waals surface area contributed by atoms with Gasteiger partial charge in [0.25, 0.3) is 5.91 Å². The van der Waals surface area contributed by atoms with Crippen LogP contribution >= 0.6 is 11.6 Å². The maximum absolute atomic E-state index is 12.7. The van der Waals surface area contributed by atoms with E-state index < -0.39 is 36.6 Å². The Kier molecular flexibility index (Phi) is 9.86. The highest BCUT2D eigenvalue weighted by atomic mass is 35.5. The summed E-state index contributed by atoms with van der Waals surface area (Å²) in [6, 6.07) is 10.9. The summed E-state index contributed by atoms with van der Waals surface area (Å²) in [5, 5.41) is 8.67. The number of primary amides is 1. The fourth-order valence-electron chi connectivity index (χ4n) is 2.96. The van der Waals surface area contributed by atoms with Crippen LogP contribution < -0.4 is 37.9 Å². The minimum atomic E-state index is -4.61. The number of aliphatic imine (C=N–C) groups is 1. The molecular weight excluding hydrogens is 557 g/mol. The van der Waals surface area contributed by atoms with Gasteiger partial charge in [-0.15, -0.1) is 0 Å². The second-order valence-electron chi connectivity index (χ2n) is 8.05. The zero-order chi connectivity index (χ0) is 29.3.